The van der Waals surface area contributed by atoms with E-state index < -0.39 is 0 Å². The first-order valence-corrected chi connectivity index (χ1v) is 5.35. The van der Waals surface area contributed by atoms with Gasteiger partial charge in [0.05, 0.1) is 0 Å². The Hall–Kier alpha value is -1.62. The predicted octanol–water partition coefficient (Wildman–Crippen LogP) is 0.752. The van der Waals surface area contributed by atoms with E-state index in [4.69, 9.17) is 5.73 Å². The van der Waals surface area contributed by atoms with Gasteiger partial charge in [0.15, 0.2) is 5.65 Å². The molecule has 5 nitrogen and oxygen atoms in total. The van der Waals surface area contributed by atoms with Crippen LogP contribution in [0, 0.1) is 0 Å². The van der Waals surface area contributed by atoms with Crippen LogP contribution in [-0.2, 0) is 7.05 Å². The van der Waals surface area contributed by atoms with Gasteiger partial charge < -0.3 is 10.6 Å². The predicted molar refractivity (Wildman–Crippen MR) is 65.4 cm³/mol. The molecule has 2 N–H and O–H groups in total. The molecule has 0 saturated carbocycles. The molecule has 0 fully saturated rings. The molecular weight excluding hydrogens is 202 g/mol. The number of fused-ring (bicyclic) bond motifs is 1. The van der Waals surface area contributed by atoms with Gasteiger partial charge in [-0.15, -0.1) is 0 Å². The summed E-state index contributed by atoms with van der Waals surface area (Å²) in [5.74, 6) is 0.895. The van der Waals surface area contributed by atoms with E-state index in [1.807, 2.05) is 30.8 Å². The van der Waals surface area contributed by atoms with Crippen molar-refractivity contribution in [3.8, 4) is 0 Å². The summed E-state index contributed by atoms with van der Waals surface area (Å²) < 4.78 is 1.99. The van der Waals surface area contributed by atoms with Crippen molar-refractivity contribution in [3.63, 3.8) is 0 Å². The highest BCUT2D eigenvalue weighted by Crippen LogP contribution is 2.19. The van der Waals surface area contributed by atoms with Gasteiger partial charge in [-0.1, -0.05) is 0 Å². The molecule has 2 aromatic heterocycles. The van der Waals surface area contributed by atoms with Crippen LogP contribution in [0.4, 0.5) is 5.95 Å². The largest absolute Gasteiger partial charge is 0.341 e. The van der Waals surface area contributed by atoms with Crippen LogP contribution in [-0.4, -0.2) is 34.2 Å². The van der Waals surface area contributed by atoms with Gasteiger partial charge in [-0.25, -0.2) is 9.97 Å². The summed E-state index contributed by atoms with van der Waals surface area (Å²) >= 11 is 0. The fraction of sp³-hybridized carbons (Fsp3) is 0.455. The third kappa shape index (κ3) is 1.63. The minimum atomic E-state index is 0.260. The number of anilines is 1. The molecule has 0 aliphatic rings. The van der Waals surface area contributed by atoms with Crippen molar-refractivity contribution >= 4 is 17.1 Å². The normalized spacial score (nSPS) is 13.0. The van der Waals surface area contributed by atoms with Crippen LogP contribution in [0.25, 0.3) is 11.2 Å². The van der Waals surface area contributed by atoms with Crippen LogP contribution in [0.2, 0.25) is 0 Å². The Kier molecular flexibility index (Phi) is 2.78. The summed E-state index contributed by atoms with van der Waals surface area (Å²) in [7, 11) is 3.97. The number of hydrogen-bond acceptors (Lipinski definition) is 4. The molecule has 0 spiro atoms. The Bertz CT molecular complexity index is 490. The van der Waals surface area contributed by atoms with E-state index in [1.165, 1.54) is 0 Å². The molecule has 1 atom stereocenters. The Morgan fingerprint density at radius 2 is 2.31 bits per heavy atom. The standard InChI is InChI=1S/C11H17N5/c1-8(7-12)15(2)11-14-9-5-4-6-13-10(9)16(11)3/h4-6,8H,7,12H2,1-3H3. The summed E-state index contributed by atoms with van der Waals surface area (Å²) in [6.45, 7) is 2.68. The minimum absolute atomic E-state index is 0.260. The molecule has 0 saturated heterocycles. The second kappa shape index (κ2) is 4.09. The highest BCUT2D eigenvalue weighted by molar-refractivity contribution is 5.74. The summed E-state index contributed by atoms with van der Waals surface area (Å²) in [6.07, 6.45) is 1.78. The van der Waals surface area contributed by atoms with Gasteiger partial charge in [0.25, 0.3) is 0 Å². The maximum Gasteiger partial charge on any atom is 0.207 e. The molecule has 86 valence electrons. The topological polar surface area (TPSA) is 60.0 Å². The van der Waals surface area contributed by atoms with Gasteiger partial charge >= 0.3 is 0 Å². The summed E-state index contributed by atoms with van der Waals surface area (Å²) in [4.78, 5) is 10.9. The number of aryl methyl sites for hydroxylation is 1. The fourth-order valence-corrected chi connectivity index (χ4v) is 1.68. The Balaban J connectivity index is 2.49. The molecule has 2 aromatic rings. The van der Waals surface area contributed by atoms with E-state index in [0.717, 1.165) is 17.1 Å². The number of imidazole rings is 1. The van der Waals surface area contributed by atoms with Gasteiger partial charge in [0.1, 0.15) is 5.52 Å². The molecule has 0 aliphatic carbocycles. The number of hydrogen-bond donors (Lipinski definition) is 1. The first kappa shape index (κ1) is 10.9. The number of aromatic nitrogens is 3. The zero-order valence-electron chi connectivity index (χ0n) is 9.88. The molecule has 16 heavy (non-hydrogen) atoms. The number of nitrogens with zero attached hydrogens (tertiary/aromatic N) is 4. The molecule has 2 rings (SSSR count). The Morgan fingerprint density at radius 3 is 2.94 bits per heavy atom. The van der Waals surface area contributed by atoms with E-state index in [9.17, 15) is 0 Å². The molecule has 0 aromatic carbocycles. The summed E-state index contributed by atoms with van der Waals surface area (Å²) in [6, 6.07) is 4.12. The van der Waals surface area contributed by atoms with Crippen LogP contribution in [0.5, 0.6) is 0 Å². The van der Waals surface area contributed by atoms with Crippen molar-refractivity contribution in [1.29, 1.82) is 0 Å². The van der Waals surface area contributed by atoms with Gasteiger partial charge in [0.2, 0.25) is 5.95 Å². The second-order valence-corrected chi connectivity index (χ2v) is 4.01. The third-order valence-corrected chi connectivity index (χ3v) is 2.92. The monoisotopic (exact) mass is 219 g/mol. The van der Waals surface area contributed by atoms with E-state index in [0.29, 0.717) is 6.54 Å². The van der Waals surface area contributed by atoms with Crippen LogP contribution in [0.1, 0.15) is 6.92 Å². The molecule has 0 aliphatic heterocycles. The van der Waals surface area contributed by atoms with Crippen LogP contribution in [0.3, 0.4) is 0 Å². The highest BCUT2D eigenvalue weighted by Gasteiger charge is 2.15. The number of nitrogens with two attached hydrogens (primary N) is 1. The van der Waals surface area contributed by atoms with Crippen molar-refractivity contribution in [2.45, 2.75) is 13.0 Å². The highest BCUT2D eigenvalue weighted by atomic mass is 15.3. The SMILES string of the molecule is CC(CN)N(C)c1nc2cccnc2n1C. The first-order chi connectivity index (χ1) is 7.65. The van der Waals surface area contributed by atoms with Crippen molar-refractivity contribution in [2.24, 2.45) is 12.8 Å². The van der Waals surface area contributed by atoms with Crippen molar-refractivity contribution in [3.05, 3.63) is 18.3 Å². The third-order valence-electron chi connectivity index (χ3n) is 2.92. The molecule has 2 heterocycles. The van der Waals surface area contributed by atoms with Crippen LogP contribution in [0.15, 0.2) is 18.3 Å². The van der Waals surface area contributed by atoms with E-state index >= 15 is 0 Å². The van der Waals surface area contributed by atoms with Crippen molar-refractivity contribution in [1.82, 2.24) is 14.5 Å². The zero-order valence-corrected chi connectivity index (χ0v) is 9.88. The number of likely N-dealkylation sites (N-methyl/N-ethyl adjacent to an activating group) is 1. The lowest BCUT2D eigenvalue weighted by Crippen LogP contribution is -2.36. The maximum absolute atomic E-state index is 5.66. The maximum atomic E-state index is 5.66. The van der Waals surface area contributed by atoms with Crippen molar-refractivity contribution in [2.75, 3.05) is 18.5 Å². The van der Waals surface area contributed by atoms with E-state index in [2.05, 4.69) is 21.8 Å². The summed E-state index contributed by atoms with van der Waals surface area (Å²) in [5, 5.41) is 0. The number of rotatable bonds is 3. The van der Waals surface area contributed by atoms with Gasteiger partial charge in [-0.05, 0) is 19.1 Å². The lowest BCUT2D eigenvalue weighted by Gasteiger charge is -2.24. The average Bonchev–Trinajstić information content (AvgIpc) is 2.65. The Morgan fingerprint density at radius 1 is 1.56 bits per heavy atom. The summed E-state index contributed by atoms with van der Waals surface area (Å²) in [5.41, 5.74) is 7.47. The van der Waals surface area contributed by atoms with Crippen LogP contribution < -0.4 is 10.6 Å². The fourth-order valence-electron chi connectivity index (χ4n) is 1.68. The molecular formula is C11H17N5. The minimum Gasteiger partial charge on any atom is -0.341 e. The zero-order chi connectivity index (χ0) is 11.7. The Labute approximate surface area is 94.9 Å². The van der Waals surface area contributed by atoms with E-state index in [1.54, 1.807) is 6.20 Å². The van der Waals surface area contributed by atoms with Gasteiger partial charge in [-0.2, -0.15) is 0 Å². The lowest BCUT2D eigenvalue weighted by molar-refractivity contribution is 0.666. The second-order valence-electron chi connectivity index (χ2n) is 4.01. The number of pyridine rings is 1. The average molecular weight is 219 g/mol. The molecule has 0 bridgehead atoms. The lowest BCUT2D eigenvalue weighted by atomic mass is 10.3. The molecule has 5 heteroatoms. The molecule has 0 amide bonds. The van der Waals surface area contributed by atoms with Gasteiger partial charge in [0, 0.05) is 32.9 Å². The van der Waals surface area contributed by atoms with Crippen molar-refractivity contribution < 1.29 is 0 Å². The smallest absolute Gasteiger partial charge is 0.207 e. The van der Waals surface area contributed by atoms with E-state index in [-0.39, 0.29) is 6.04 Å². The van der Waals surface area contributed by atoms with Gasteiger partial charge in [-0.3, -0.25) is 4.57 Å². The van der Waals surface area contributed by atoms with Crippen LogP contribution >= 0.6 is 0 Å². The first-order valence-electron chi connectivity index (χ1n) is 5.35. The molecule has 1 unspecified atom stereocenters. The molecule has 0 radical (unpaired) electrons. The quantitative estimate of drug-likeness (QED) is 0.827.